The highest BCUT2D eigenvalue weighted by atomic mass is 16.2. The fraction of sp³-hybridized carbons (Fsp3) is 0.849. The molecular formula is C93H164N4O6. The van der Waals surface area contributed by atoms with Gasteiger partial charge in [-0.1, -0.05) is 334 Å². The molecule has 2 N–H and O–H groups in total. The summed E-state index contributed by atoms with van der Waals surface area (Å²) < 4.78 is 0. The average molecular weight is 1430 g/mol. The Labute approximate surface area is 635 Å². The van der Waals surface area contributed by atoms with E-state index in [4.69, 9.17) is 0 Å². The van der Waals surface area contributed by atoms with Crippen LogP contribution in [0.25, 0.3) is 0 Å². The molecule has 2 aliphatic heterocycles. The molecule has 0 spiro atoms. The molecule has 2 saturated carbocycles. The molecule has 0 radical (unpaired) electrons. The summed E-state index contributed by atoms with van der Waals surface area (Å²) in [6.45, 7) is 19.5. The lowest BCUT2D eigenvalue weighted by Crippen LogP contribution is -2.47. The number of rotatable bonds is 66. The largest absolute Gasteiger partial charge is 0.356 e. The number of imide groups is 2. The van der Waals surface area contributed by atoms with E-state index in [1.54, 1.807) is 0 Å². The number of amides is 6. The maximum atomic E-state index is 13.5. The van der Waals surface area contributed by atoms with E-state index >= 15 is 0 Å². The van der Waals surface area contributed by atoms with Crippen molar-refractivity contribution in [3.63, 3.8) is 0 Å². The van der Waals surface area contributed by atoms with Crippen LogP contribution < -0.4 is 10.6 Å². The van der Waals surface area contributed by atoms with Crippen molar-refractivity contribution in [3.05, 3.63) is 47.6 Å². The molecular weight excluding hydrogens is 1270 g/mol. The lowest BCUT2D eigenvalue weighted by molar-refractivity contribution is -0.143. The topological polar surface area (TPSA) is 133 Å². The monoisotopic (exact) mass is 1430 g/mol. The van der Waals surface area contributed by atoms with Crippen LogP contribution in [0.15, 0.2) is 47.6 Å². The summed E-state index contributed by atoms with van der Waals surface area (Å²) in [5.74, 6) is 6.54. The zero-order valence-corrected chi connectivity index (χ0v) is 68.8. The fourth-order valence-corrected chi connectivity index (χ4v) is 19.1. The van der Waals surface area contributed by atoms with Gasteiger partial charge in [0.2, 0.25) is 5.91 Å². The van der Waals surface area contributed by atoms with E-state index in [0.29, 0.717) is 31.5 Å². The van der Waals surface area contributed by atoms with E-state index < -0.39 is 5.54 Å². The molecule has 0 aromatic rings. The number of unbranched alkanes of at least 4 members (excludes halogenated alkanes) is 36. The predicted octanol–water partition coefficient (Wildman–Crippen LogP) is 25.8. The van der Waals surface area contributed by atoms with Crippen molar-refractivity contribution in [1.82, 2.24) is 20.4 Å². The van der Waals surface area contributed by atoms with Gasteiger partial charge in [-0.25, -0.2) is 0 Å². The van der Waals surface area contributed by atoms with Crippen molar-refractivity contribution in [2.24, 2.45) is 47.3 Å². The molecule has 8 atom stereocenters. The Kier molecular flexibility index (Phi) is 51.8. The summed E-state index contributed by atoms with van der Waals surface area (Å²) in [5, 5.41) is 6.42. The van der Waals surface area contributed by atoms with Gasteiger partial charge in [0.15, 0.2) is 0 Å². The molecule has 0 bridgehead atoms. The van der Waals surface area contributed by atoms with Gasteiger partial charge < -0.3 is 10.6 Å². The normalized spacial score (nSPS) is 20.9. The molecule has 0 aromatic heterocycles. The molecule has 10 heteroatoms. The minimum atomic E-state index is -0.429. The van der Waals surface area contributed by atoms with Crippen molar-refractivity contribution < 1.29 is 28.8 Å². The Morgan fingerprint density at radius 3 is 1.06 bits per heavy atom. The van der Waals surface area contributed by atoms with Crippen molar-refractivity contribution in [1.29, 1.82) is 0 Å². The fourth-order valence-electron chi connectivity index (χ4n) is 19.1. The van der Waals surface area contributed by atoms with Crippen molar-refractivity contribution in [2.45, 2.75) is 440 Å². The number of allylic oxidation sites excluding steroid dienone is 2. The summed E-state index contributed by atoms with van der Waals surface area (Å²) in [7, 11) is 0. The van der Waals surface area contributed by atoms with Crippen LogP contribution in [0.4, 0.5) is 0 Å². The van der Waals surface area contributed by atoms with Crippen LogP contribution >= 0.6 is 0 Å². The minimum Gasteiger partial charge on any atom is -0.356 e. The molecule has 0 aromatic carbocycles. The van der Waals surface area contributed by atoms with Crippen LogP contribution in [0.2, 0.25) is 0 Å². The number of carbonyl (C=O) groups excluding carboxylic acids is 6. The molecule has 10 nitrogen and oxygen atoms in total. The van der Waals surface area contributed by atoms with E-state index in [1.807, 2.05) is 39.8 Å². The first-order chi connectivity index (χ1) is 50.1. The zero-order chi connectivity index (χ0) is 74.4. The van der Waals surface area contributed by atoms with Crippen molar-refractivity contribution in [2.75, 3.05) is 19.6 Å². The SMILES string of the molecule is CCCCCCCCC1C(CCCCCC)CCC(CCCCCCCCC(C)(C)N2C(=O)C=CC2=O)C1CCCCCCCCNC(=O)CC/C=C(\C=C(C)C)C(=O)NCCCCCCCCC1CCC(CCCCCC)C(CCCCCCCC)C1CCCCCCCCN1C(=O)C=CC1=O. The quantitative estimate of drug-likeness (QED) is 0.0270. The third-order valence-corrected chi connectivity index (χ3v) is 25.1. The zero-order valence-electron chi connectivity index (χ0n) is 68.8. The van der Waals surface area contributed by atoms with Crippen LogP contribution in [0.1, 0.15) is 434 Å². The minimum absolute atomic E-state index is 0.0257. The Morgan fingerprint density at radius 2 is 0.689 bits per heavy atom. The van der Waals surface area contributed by atoms with Gasteiger partial charge in [-0.05, 0) is 159 Å². The molecule has 2 fully saturated rings. The number of hydrogen-bond donors (Lipinski definition) is 2. The second kappa shape index (κ2) is 58.2. The third kappa shape index (κ3) is 39.7. The first kappa shape index (κ1) is 91.6. The van der Waals surface area contributed by atoms with E-state index in [1.165, 1.54) is 349 Å². The van der Waals surface area contributed by atoms with Gasteiger partial charge in [0.25, 0.3) is 29.5 Å². The first-order valence-electron chi connectivity index (χ1n) is 45.1. The summed E-state index contributed by atoms with van der Waals surface area (Å²) in [4.78, 5) is 78.1. The summed E-state index contributed by atoms with van der Waals surface area (Å²) in [5.41, 5.74) is 1.33. The van der Waals surface area contributed by atoms with E-state index in [-0.39, 0.29) is 35.4 Å². The smallest absolute Gasteiger partial charge is 0.254 e. The summed E-state index contributed by atoms with van der Waals surface area (Å²) in [6.07, 6.45) is 85.4. The lowest BCUT2D eigenvalue weighted by Gasteiger charge is -2.44. The summed E-state index contributed by atoms with van der Waals surface area (Å²) in [6, 6.07) is 0. The van der Waals surface area contributed by atoms with Crippen LogP contribution in [0, 0.1) is 47.3 Å². The van der Waals surface area contributed by atoms with Crippen LogP contribution in [0.5, 0.6) is 0 Å². The van der Waals surface area contributed by atoms with E-state index in [9.17, 15) is 28.8 Å². The van der Waals surface area contributed by atoms with Crippen LogP contribution in [-0.2, 0) is 28.8 Å². The second-order valence-electron chi connectivity index (χ2n) is 34.4. The standard InChI is InChI=1S/C93H164N4O6/c1-9-13-17-21-33-45-59-83-78(54-41-19-15-11-3)64-66-80(56-43-31-23-27-37-49-72-93(7,8)97-90(101)70-71-91(97)102)85(83)61-47-35-25-29-38-50-73-94-87(98)63-53-58-82(76-77(5)6)92(103)95-74-51-39-28-24-32-44-57-81-67-65-79(55-42-20-16-12-4)84(60-46-34-22-18-14-10-2)86(81)62-48-36-26-30-40-52-75-96-88(99)68-69-89(96)100/h58,68-71,76,78-81,83-86H,9-57,59-67,72-75H2,1-8H3,(H,94,98)(H,95,103)/b82-58+. The maximum absolute atomic E-state index is 13.5. The van der Waals surface area contributed by atoms with Gasteiger partial charge in [0.05, 0.1) is 0 Å². The molecule has 6 amide bonds. The molecule has 4 rings (SSSR count). The van der Waals surface area contributed by atoms with Gasteiger partial charge in [-0.2, -0.15) is 0 Å². The number of nitrogens with one attached hydrogen (secondary N) is 2. The van der Waals surface area contributed by atoms with Gasteiger partial charge >= 0.3 is 0 Å². The van der Waals surface area contributed by atoms with E-state index in [0.717, 1.165) is 111 Å². The van der Waals surface area contributed by atoms with Crippen LogP contribution in [-0.4, -0.2) is 70.4 Å². The highest BCUT2D eigenvalue weighted by molar-refractivity contribution is 6.13. The van der Waals surface area contributed by atoms with Gasteiger partial charge in [0.1, 0.15) is 0 Å². The van der Waals surface area contributed by atoms with Crippen molar-refractivity contribution in [3.8, 4) is 0 Å². The number of nitrogens with zero attached hydrogens (tertiary/aromatic N) is 2. The lowest BCUT2D eigenvalue weighted by atomic mass is 9.61. The molecule has 0 saturated heterocycles. The molecule has 2 heterocycles. The maximum Gasteiger partial charge on any atom is 0.254 e. The van der Waals surface area contributed by atoms with Gasteiger partial charge in [-0.3, -0.25) is 38.6 Å². The number of hydrogen-bond acceptors (Lipinski definition) is 6. The molecule has 592 valence electrons. The summed E-state index contributed by atoms with van der Waals surface area (Å²) >= 11 is 0. The Morgan fingerprint density at radius 1 is 0.388 bits per heavy atom. The Balaban J connectivity index is 1.14. The Bertz CT molecular complexity index is 2350. The Hall–Kier alpha value is -3.82. The molecule has 8 unspecified atom stereocenters. The van der Waals surface area contributed by atoms with Gasteiger partial charge in [-0.15, -0.1) is 0 Å². The third-order valence-electron chi connectivity index (χ3n) is 25.1. The number of carbonyl (C=O) groups is 6. The van der Waals surface area contributed by atoms with Crippen molar-refractivity contribution >= 4 is 35.4 Å². The predicted molar refractivity (Wildman–Crippen MR) is 437 cm³/mol. The second-order valence-corrected chi connectivity index (χ2v) is 34.4. The van der Waals surface area contributed by atoms with E-state index in [2.05, 4.69) is 38.3 Å². The first-order valence-corrected chi connectivity index (χ1v) is 45.1. The average Bonchev–Trinajstić information content (AvgIpc) is 1.81. The molecule has 4 aliphatic rings. The van der Waals surface area contributed by atoms with Crippen LogP contribution in [0.3, 0.4) is 0 Å². The highest BCUT2D eigenvalue weighted by Gasteiger charge is 2.40. The molecule has 103 heavy (non-hydrogen) atoms. The van der Waals surface area contributed by atoms with Gasteiger partial charge in [0, 0.05) is 61.5 Å². The highest BCUT2D eigenvalue weighted by Crippen LogP contribution is 2.50. The molecule has 2 aliphatic carbocycles.